The molecular weight excluding hydrogens is 868 g/mol. The molecule has 0 bridgehead atoms. The zero-order chi connectivity index (χ0) is 48.0. The lowest BCUT2D eigenvalue weighted by molar-refractivity contribution is -0.265. The maximum atomic E-state index is 14.5. The smallest absolute Gasteiger partial charge is 0.214 e. The number of ketones is 5. The Morgan fingerprint density at radius 1 is 0.538 bits per heavy atom. The van der Waals surface area contributed by atoms with Crippen molar-refractivity contribution < 1.29 is 110 Å². The summed E-state index contributed by atoms with van der Waals surface area (Å²) in [5.41, 5.74) is -13.4. The Morgan fingerprint density at radius 3 is 1.34 bits per heavy atom. The molecule has 2 aromatic carbocycles. The zero-order valence-electron chi connectivity index (χ0n) is 33.3. The van der Waals surface area contributed by atoms with Gasteiger partial charge in [0.05, 0.1) is 24.4 Å². The van der Waals surface area contributed by atoms with Crippen molar-refractivity contribution in [1.29, 1.82) is 0 Å². The van der Waals surface area contributed by atoms with Gasteiger partial charge in [-0.15, -0.1) is 0 Å². The van der Waals surface area contributed by atoms with Crippen LogP contribution in [-0.4, -0.2) is 191 Å². The number of rotatable bonds is 11. The van der Waals surface area contributed by atoms with E-state index in [1.165, 1.54) is 48.5 Å². The lowest BCUT2D eigenvalue weighted by atomic mass is 9.70. The third-order valence-electron chi connectivity index (χ3n) is 11.4. The minimum Gasteiger partial charge on any atom is -0.508 e. The molecule has 2 heterocycles. The van der Waals surface area contributed by atoms with Gasteiger partial charge in [0, 0.05) is 0 Å². The molecule has 346 valence electrons. The summed E-state index contributed by atoms with van der Waals surface area (Å²) >= 11 is 0. The highest BCUT2D eigenvalue weighted by Crippen LogP contribution is 2.45. The number of hydrogen-bond acceptors (Lipinski definition) is 22. The molecular formula is C43H42O22. The number of allylic oxidation sites excluding steroid dienone is 6. The van der Waals surface area contributed by atoms with Crippen molar-refractivity contribution in [3.8, 4) is 11.5 Å². The van der Waals surface area contributed by atoms with E-state index in [1.54, 1.807) is 0 Å². The Balaban J connectivity index is 1.59. The molecule has 0 unspecified atom stereocenters. The highest BCUT2D eigenvalue weighted by atomic mass is 16.6. The highest BCUT2D eigenvalue weighted by Gasteiger charge is 2.64. The zero-order valence-corrected chi connectivity index (χ0v) is 33.3. The standard InChI is InChI=1S/C43H42O22/c44-14-24-30(52)32(54)34(56)40(64-24)42(62)36(58)20(28(50)26(38(42)60)22(48)11-5-16-1-7-18(46)8-2-16)13-21-29(51)27(23(49)12-6-17-3-9-19(47)10-4-17)39(61)43(63,37(21)59)41-35(57)33(55)31(53)25(15-45)65-41/h1-13,24-25,30-35,40-41,44-47,52-58,60-63H,14-15H2/b11-5+,12-6+,21-13-/t24-,25-,30-,31-,32+,33+,34-,35-,40+,41+,42-,43-/m1/s1. The molecule has 0 amide bonds. The van der Waals surface area contributed by atoms with E-state index in [0.717, 1.165) is 12.2 Å². The van der Waals surface area contributed by atoms with Gasteiger partial charge in [0.25, 0.3) is 0 Å². The minimum absolute atomic E-state index is 0.0686. The molecule has 2 fully saturated rings. The molecule has 22 heteroatoms. The maximum absolute atomic E-state index is 14.5. The number of aliphatic hydroxyl groups is 13. The molecule has 0 radical (unpaired) electrons. The lowest BCUT2D eigenvalue weighted by Gasteiger charge is -2.47. The van der Waals surface area contributed by atoms with Crippen molar-refractivity contribution in [2.75, 3.05) is 13.2 Å². The van der Waals surface area contributed by atoms with Crippen LogP contribution in [0.2, 0.25) is 0 Å². The Morgan fingerprint density at radius 2 is 0.923 bits per heavy atom. The van der Waals surface area contributed by atoms with E-state index in [1.807, 2.05) is 0 Å². The number of phenolic OH excluding ortho intramolecular Hbond substituents is 2. The molecule has 2 aliphatic heterocycles. The first kappa shape index (κ1) is 48.2. The van der Waals surface area contributed by atoms with Crippen LogP contribution in [-0.2, 0) is 33.4 Å². The van der Waals surface area contributed by atoms with E-state index in [4.69, 9.17) is 9.47 Å². The van der Waals surface area contributed by atoms with Crippen molar-refractivity contribution in [1.82, 2.24) is 0 Å². The number of phenols is 2. The summed E-state index contributed by atoms with van der Waals surface area (Å²) in [5, 5.41) is 162. The predicted octanol–water partition coefficient (Wildman–Crippen LogP) is -3.79. The number of benzene rings is 2. The number of Topliss-reactive ketones (excluding diaryl/α,β-unsaturated/α-hetero) is 3. The summed E-state index contributed by atoms with van der Waals surface area (Å²) in [4.78, 5) is 70.9. The average molecular weight is 911 g/mol. The van der Waals surface area contributed by atoms with E-state index >= 15 is 0 Å². The quantitative estimate of drug-likeness (QED) is 0.0759. The van der Waals surface area contributed by atoms with Crippen molar-refractivity contribution in [3.63, 3.8) is 0 Å². The normalized spacial score (nSPS) is 34.4. The topological polar surface area (TPSA) is 407 Å². The van der Waals surface area contributed by atoms with Crippen molar-refractivity contribution in [3.05, 3.63) is 117 Å². The van der Waals surface area contributed by atoms with Crippen LogP contribution in [0.4, 0.5) is 0 Å². The number of hydrogen-bond donors (Lipinski definition) is 15. The highest BCUT2D eigenvalue weighted by molar-refractivity contribution is 6.42. The Hall–Kier alpha value is -6.25. The van der Waals surface area contributed by atoms with E-state index in [-0.39, 0.29) is 28.7 Å². The number of ether oxygens (including phenoxy) is 2. The molecule has 15 N–H and O–H groups in total. The molecule has 22 nitrogen and oxygen atoms in total. The largest absolute Gasteiger partial charge is 0.508 e. The van der Waals surface area contributed by atoms with Crippen LogP contribution in [0.1, 0.15) is 11.1 Å². The monoisotopic (exact) mass is 910 g/mol. The molecule has 2 aliphatic carbocycles. The SMILES string of the molecule is O=C(/C=C/c1ccc(O)cc1)C1=C(O)[C@@](O)([C@H]2O[C@H](CO)[C@@H](O)[C@H](O)[C@H]2O)C(O)=C(/C=C2/C(=O)C(C(=O)/C=C/c3ccc(O)cc3)=C(O)[C@@](O)([C@H]3O[C@H](CO)[C@@H](O)[C@H](O)[C@H]3O)C2=O)C1=O. The molecule has 65 heavy (non-hydrogen) atoms. The Kier molecular flexibility index (Phi) is 13.6. The second-order valence-corrected chi connectivity index (χ2v) is 15.4. The summed E-state index contributed by atoms with van der Waals surface area (Å²) in [6, 6.07) is 9.97. The predicted molar refractivity (Wildman–Crippen MR) is 214 cm³/mol. The summed E-state index contributed by atoms with van der Waals surface area (Å²) in [7, 11) is 0. The minimum atomic E-state index is -3.89. The average Bonchev–Trinajstić information content (AvgIpc) is 3.28. The third kappa shape index (κ3) is 8.22. The van der Waals surface area contributed by atoms with Crippen LogP contribution >= 0.6 is 0 Å². The van der Waals surface area contributed by atoms with Gasteiger partial charge < -0.3 is 86.1 Å². The van der Waals surface area contributed by atoms with Crippen LogP contribution in [0, 0.1) is 0 Å². The molecule has 0 saturated carbocycles. The molecule has 0 aromatic heterocycles. The second-order valence-electron chi connectivity index (χ2n) is 15.4. The van der Waals surface area contributed by atoms with Gasteiger partial charge in [0.2, 0.25) is 28.6 Å². The van der Waals surface area contributed by atoms with E-state index in [9.17, 15) is 101 Å². The molecule has 2 aromatic rings. The van der Waals surface area contributed by atoms with Crippen LogP contribution in [0.3, 0.4) is 0 Å². The van der Waals surface area contributed by atoms with E-state index in [2.05, 4.69) is 0 Å². The fraction of sp³-hybridized carbons (Fsp3) is 0.326. The molecule has 6 rings (SSSR count). The molecule has 0 spiro atoms. The summed E-state index contributed by atoms with van der Waals surface area (Å²) in [6.45, 7) is -2.32. The van der Waals surface area contributed by atoms with Gasteiger partial charge in [-0.3, -0.25) is 24.0 Å². The summed E-state index contributed by atoms with van der Waals surface area (Å²) < 4.78 is 10.7. The molecule has 12 atom stereocenters. The summed E-state index contributed by atoms with van der Waals surface area (Å²) in [5.74, 6) is -14.7. The first-order valence-corrected chi connectivity index (χ1v) is 19.3. The van der Waals surface area contributed by atoms with Gasteiger partial charge in [-0.2, -0.15) is 0 Å². The fourth-order valence-corrected chi connectivity index (χ4v) is 7.68. The van der Waals surface area contributed by atoms with Gasteiger partial charge in [-0.25, -0.2) is 0 Å². The lowest BCUT2D eigenvalue weighted by Crippen LogP contribution is -2.69. The molecule has 4 aliphatic rings. The van der Waals surface area contributed by atoms with Crippen LogP contribution in [0.5, 0.6) is 11.5 Å². The van der Waals surface area contributed by atoms with Gasteiger partial charge >= 0.3 is 0 Å². The molecule has 2 saturated heterocycles. The number of aromatic hydroxyl groups is 2. The van der Waals surface area contributed by atoms with Crippen LogP contribution in [0.25, 0.3) is 12.2 Å². The number of carbonyl (C=O) groups is 5. The Bertz CT molecular complexity index is 2460. The second kappa shape index (κ2) is 18.3. The maximum Gasteiger partial charge on any atom is 0.214 e. The van der Waals surface area contributed by atoms with Gasteiger partial charge in [0.1, 0.15) is 101 Å². The van der Waals surface area contributed by atoms with E-state index in [0.29, 0.717) is 12.2 Å². The number of aliphatic hydroxyl groups excluding tert-OH is 11. The van der Waals surface area contributed by atoms with Gasteiger partial charge in [-0.05, 0) is 53.6 Å². The van der Waals surface area contributed by atoms with E-state index < -0.39 is 154 Å². The number of carbonyl (C=O) groups excluding carboxylic acids is 5. The van der Waals surface area contributed by atoms with Gasteiger partial charge in [0.15, 0.2) is 11.6 Å². The van der Waals surface area contributed by atoms with Crippen molar-refractivity contribution in [2.24, 2.45) is 0 Å². The van der Waals surface area contributed by atoms with Gasteiger partial charge in [-0.1, -0.05) is 36.4 Å². The van der Waals surface area contributed by atoms with Crippen LogP contribution in [0.15, 0.2) is 106 Å². The van der Waals surface area contributed by atoms with Crippen molar-refractivity contribution >= 4 is 41.1 Å². The third-order valence-corrected chi connectivity index (χ3v) is 11.4. The van der Waals surface area contributed by atoms with Crippen LogP contribution < -0.4 is 0 Å². The summed E-state index contributed by atoms with van der Waals surface area (Å²) in [6.07, 6.45) is -19.9. The van der Waals surface area contributed by atoms with Crippen molar-refractivity contribution in [2.45, 2.75) is 72.2 Å². The Labute approximate surface area is 365 Å². The first-order chi connectivity index (χ1) is 30.5. The fourth-order valence-electron chi connectivity index (χ4n) is 7.68. The first-order valence-electron chi connectivity index (χ1n) is 19.3.